The van der Waals surface area contributed by atoms with Crippen LogP contribution in [0.5, 0.6) is 0 Å². The van der Waals surface area contributed by atoms with Crippen LogP contribution in [-0.4, -0.2) is 43.8 Å². The second-order valence-electron chi connectivity index (χ2n) is 5.78. The van der Waals surface area contributed by atoms with Crippen molar-refractivity contribution in [2.75, 3.05) is 32.8 Å². The Bertz CT molecular complexity index is 372. The van der Waals surface area contributed by atoms with Crippen molar-refractivity contribution in [1.29, 1.82) is 0 Å². The Morgan fingerprint density at radius 3 is 2.62 bits per heavy atom. The van der Waals surface area contributed by atoms with Crippen molar-refractivity contribution in [3.05, 3.63) is 35.9 Å². The van der Waals surface area contributed by atoms with E-state index in [0.29, 0.717) is 12.1 Å². The fourth-order valence-corrected chi connectivity index (χ4v) is 3.17. The number of hydrogen-bond acceptors (Lipinski definition) is 3. The maximum Gasteiger partial charge on any atom is 0.0588 e. The van der Waals surface area contributed by atoms with E-state index in [1.54, 1.807) is 0 Å². The SMILES string of the molecule is CCN(CC)C(CNCCC1CCCO1)c1ccccc1. The first kappa shape index (κ1) is 16.5. The third-order valence-corrected chi connectivity index (χ3v) is 4.44. The van der Waals surface area contributed by atoms with E-state index < -0.39 is 0 Å². The van der Waals surface area contributed by atoms with E-state index in [1.807, 2.05) is 0 Å². The molecule has 1 heterocycles. The summed E-state index contributed by atoms with van der Waals surface area (Å²) in [6, 6.07) is 11.3. The number of hydrogen-bond donors (Lipinski definition) is 1. The molecule has 1 fully saturated rings. The van der Waals surface area contributed by atoms with Crippen LogP contribution >= 0.6 is 0 Å². The summed E-state index contributed by atoms with van der Waals surface area (Å²) in [6.45, 7) is 9.68. The minimum atomic E-state index is 0.464. The molecule has 2 unspecified atom stereocenters. The Morgan fingerprint density at radius 2 is 2.00 bits per heavy atom. The van der Waals surface area contributed by atoms with Gasteiger partial charge in [0, 0.05) is 19.2 Å². The number of likely N-dealkylation sites (N-methyl/N-ethyl adjacent to an activating group) is 1. The van der Waals surface area contributed by atoms with Crippen LogP contribution in [0.1, 0.15) is 44.7 Å². The lowest BCUT2D eigenvalue weighted by molar-refractivity contribution is 0.103. The van der Waals surface area contributed by atoms with Crippen molar-refractivity contribution in [1.82, 2.24) is 10.2 Å². The van der Waals surface area contributed by atoms with Gasteiger partial charge in [0.05, 0.1) is 6.10 Å². The summed E-state index contributed by atoms with van der Waals surface area (Å²) in [5.41, 5.74) is 1.41. The second-order valence-corrected chi connectivity index (χ2v) is 5.78. The molecule has 3 heteroatoms. The topological polar surface area (TPSA) is 24.5 Å². The molecule has 0 spiro atoms. The lowest BCUT2D eigenvalue weighted by Crippen LogP contribution is -2.36. The maximum absolute atomic E-state index is 5.68. The monoisotopic (exact) mass is 290 g/mol. The number of ether oxygens (including phenoxy) is 1. The average Bonchev–Trinajstić information content (AvgIpc) is 3.05. The second kappa shape index (κ2) is 9.19. The Hall–Kier alpha value is -0.900. The van der Waals surface area contributed by atoms with E-state index in [1.165, 1.54) is 18.4 Å². The molecule has 1 aliphatic heterocycles. The molecule has 21 heavy (non-hydrogen) atoms. The number of benzene rings is 1. The highest BCUT2D eigenvalue weighted by Crippen LogP contribution is 2.20. The van der Waals surface area contributed by atoms with Crippen LogP contribution in [0.2, 0.25) is 0 Å². The molecule has 0 aliphatic carbocycles. The van der Waals surface area contributed by atoms with E-state index in [9.17, 15) is 0 Å². The Morgan fingerprint density at radius 1 is 1.24 bits per heavy atom. The standard InChI is InChI=1S/C18H30N2O/c1-3-20(4-2)18(16-9-6-5-7-10-16)15-19-13-12-17-11-8-14-21-17/h5-7,9-10,17-19H,3-4,8,11-15H2,1-2H3. The molecule has 1 saturated heterocycles. The summed E-state index contributed by atoms with van der Waals surface area (Å²) < 4.78 is 5.68. The molecule has 0 aromatic heterocycles. The van der Waals surface area contributed by atoms with Gasteiger partial charge in [-0.2, -0.15) is 0 Å². The zero-order valence-corrected chi connectivity index (χ0v) is 13.6. The van der Waals surface area contributed by atoms with Gasteiger partial charge in [-0.1, -0.05) is 44.2 Å². The summed E-state index contributed by atoms with van der Waals surface area (Å²) in [5, 5.41) is 3.64. The quantitative estimate of drug-likeness (QED) is 0.707. The lowest BCUT2D eigenvalue weighted by atomic mass is 10.0. The first-order valence-electron chi connectivity index (χ1n) is 8.46. The third kappa shape index (κ3) is 5.10. The summed E-state index contributed by atoms with van der Waals surface area (Å²) >= 11 is 0. The van der Waals surface area contributed by atoms with E-state index >= 15 is 0 Å². The van der Waals surface area contributed by atoms with Gasteiger partial charge in [-0.3, -0.25) is 4.90 Å². The fourth-order valence-electron chi connectivity index (χ4n) is 3.17. The molecular formula is C18H30N2O. The van der Waals surface area contributed by atoms with Crippen molar-refractivity contribution < 1.29 is 4.74 Å². The van der Waals surface area contributed by atoms with Gasteiger partial charge in [-0.25, -0.2) is 0 Å². The van der Waals surface area contributed by atoms with Gasteiger partial charge in [-0.15, -0.1) is 0 Å². The molecule has 0 bridgehead atoms. The molecule has 118 valence electrons. The van der Waals surface area contributed by atoms with E-state index in [0.717, 1.165) is 39.2 Å². The van der Waals surface area contributed by atoms with E-state index in [2.05, 4.69) is 54.4 Å². The smallest absolute Gasteiger partial charge is 0.0588 e. The number of nitrogens with zero attached hydrogens (tertiary/aromatic N) is 1. The molecule has 0 saturated carbocycles. The first-order chi connectivity index (χ1) is 10.3. The highest BCUT2D eigenvalue weighted by Gasteiger charge is 2.18. The van der Waals surface area contributed by atoms with Crippen LogP contribution in [-0.2, 0) is 4.74 Å². The predicted octanol–water partition coefficient (Wildman–Crippen LogP) is 3.23. The molecule has 2 rings (SSSR count). The minimum absolute atomic E-state index is 0.464. The largest absolute Gasteiger partial charge is 0.378 e. The third-order valence-electron chi connectivity index (χ3n) is 4.44. The Labute approximate surface area is 129 Å². The maximum atomic E-state index is 5.68. The molecule has 0 amide bonds. The van der Waals surface area contributed by atoms with Crippen molar-refractivity contribution in [3.63, 3.8) is 0 Å². The number of nitrogens with one attached hydrogen (secondary N) is 1. The normalized spacial score (nSPS) is 20.0. The minimum Gasteiger partial charge on any atom is -0.378 e. The molecule has 1 aliphatic rings. The summed E-state index contributed by atoms with van der Waals surface area (Å²) in [6.07, 6.45) is 4.09. The fraction of sp³-hybridized carbons (Fsp3) is 0.667. The molecule has 0 radical (unpaired) electrons. The molecule has 1 aromatic carbocycles. The molecular weight excluding hydrogens is 260 g/mol. The van der Waals surface area contributed by atoms with Gasteiger partial charge >= 0.3 is 0 Å². The highest BCUT2D eigenvalue weighted by molar-refractivity contribution is 5.19. The van der Waals surface area contributed by atoms with Crippen molar-refractivity contribution in [2.24, 2.45) is 0 Å². The number of rotatable bonds is 9. The molecule has 3 nitrogen and oxygen atoms in total. The summed E-state index contributed by atoms with van der Waals surface area (Å²) in [4.78, 5) is 2.52. The van der Waals surface area contributed by atoms with Crippen LogP contribution in [0.4, 0.5) is 0 Å². The van der Waals surface area contributed by atoms with E-state index in [-0.39, 0.29) is 0 Å². The summed E-state index contributed by atoms with van der Waals surface area (Å²) in [5.74, 6) is 0. The lowest BCUT2D eigenvalue weighted by Gasteiger charge is -2.30. The van der Waals surface area contributed by atoms with Crippen LogP contribution in [0.15, 0.2) is 30.3 Å². The zero-order chi connectivity index (χ0) is 14.9. The van der Waals surface area contributed by atoms with Gasteiger partial charge in [-0.05, 0) is 44.5 Å². The van der Waals surface area contributed by atoms with Crippen LogP contribution in [0.25, 0.3) is 0 Å². The van der Waals surface area contributed by atoms with Gasteiger partial charge in [0.25, 0.3) is 0 Å². The first-order valence-corrected chi connectivity index (χ1v) is 8.46. The van der Waals surface area contributed by atoms with Gasteiger partial charge in [0.2, 0.25) is 0 Å². The van der Waals surface area contributed by atoms with Crippen LogP contribution in [0, 0.1) is 0 Å². The average molecular weight is 290 g/mol. The molecule has 1 N–H and O–H groups in total. The highest BCUT2D eigenvalue weighted by atomic mass is 16.5. The van der Waals surface area contributed by atoms with Gasteiger partial charge < -0.3 is 10.1 Å². The Kier molecular flexibility index (Phi) is 7.20. The zero-order valence-electron chi connectivity index (χ0n) is 13.6. The Balaban J connectivity index is 1.83. The predicted molar refractivity (Wildman–Crippen MR) is 88.6 cm³/mol. The van der Waals surface area contributed by atoms with Gasteiger partial charge in [0.15, 0.2) is 0 Å². The molecule has 1 aromatic rings. The van der Waals surface area contributed by atoms with Crippen molar-refractivity contribution >= 4 is 0 Å². The van der Waals surface area contributed by atoms with Crippen molar-refractivity contribution in [3.8, 4) is 0 Å². The van der Waals surface area contributed by atoms with Crippen molar-refractivity contribution in [2.45, 2.75) is 45.3 Å². The van der Waals surface area contributed by atoms with E-state index in [4.69, 9.17) is 4.74 Å². The van der Waals surface area contributed by atoms with Gasteiger partial charge in [0.1, 0.15) is 0 Å². The van der Waals surface area contributed by atoms with Crippen LogP contribution in [0.3, 0.4) is 0 Å². The molecule has 2 atom stereocenters. The summed E-state index contributed by atoms with van der Waals surface area (Å²) in [7, 11) is 0. The van der Waals surface area contributed by atoms with Crippen LogP contribution < -0.4 is 5.32 Å².